The zero-order chi connectivity index (χ0) is 35.7. The Morgan fingerprint density at radius 1 is 0.979 bits per heavy atom. The lowest BCUT2D eigenvalue weighted by molar-refractivity contribution is -0.159. The van der Waals surface area contributed by atoms with Crippen molar-refractivity contribution < 1.29 is 54.5 Å². The number of hydrogen-bond donors (Lipinski definition) is 7. The molecule has 14 heteroatoms. The van der Waals surface area contributed by atoms with E-state index >= 15 is 0 Å². The highest BCUT2D eigenvalue weighted by atomic mass is 35.5. The van der Waals surface area contributed by atoms with Crippen molar-refractivity contribution in [3.05, 3.63) is 71.4 Å². The number of aliphatic hydroxyl groups excluding tert-OH is 5. The number of carboxylic acids is 1. The van der Waals surface area contributed by atoms with Crippen LogP contribution >= 0.6 is 23.2 Å². The van der Waals surface area contributed by atoms with Gasteiger partial charge in [-0.3, -0.25) is 4.79 Å². The smallest absolute Gasteiger partial charge is 0.405 e. The first-order chi connectivity index (χ1) is 22.1. The Morgan fingerprint density at radius 3 is 2.23 bits per heavy atom. The fourth-order valence-corrected chi connectivity index (χ4v) is 5.03. The van der Waals surface area contributed by atoms with Crippen LogP contribution in [0.1, 0.15) is 52.9 Å². The van der Waals surface area contributed by atoms with E-state index in [0.717, 1.165) is 5.57 Å². The predicted molar refractivity (Wildman–Crippen MR) is 177 cm³/mol. The third-order valence-electron chi connectivity index (χ3n) is 7.47. The highest BCUT2D eigenvalue weighted by Crippen LogP contribution is 2.28. The van der Waals surface area contributed by atoms with Crippen molar-refractivity contribution in [3.8, 4) is 0 Å². The molecule has 0 heterocycles. The molecule has 0 radical (unpaired) electrons. The highest BCUT2D eigenvalue weighted by Gasteiger charge is 2.36. The molecule has 0 aromatic carbocycles. The molecule has 47 heavy (non-hydrogen) atoms. The number of amides is 1. The van der Waals surface area contributed by atoms with Gasteiger partial charge < -0.3 is 45.8 Å². The van der Waals surface area contributed by atoms with Crippen LogP contribution in [-0.2, 0) is 19.1 Å². The van der Waals surface area contributed by atoms with Gasteiger partial charge in [0.25, 0.3) is 0 Å². The molecule has 1 saturated carbocycles. The third-order valence-corrected chi connectivity index (χ3v) is 8.48. The number of esters is 1. The van der Waals surface area contributed by atoms with Crippen LogP contribution in [0, 0.1) is 11.8 Å². The molecule has 0 aliphatic heterocycles. The first-order valence-corrected chi connectivity index (χ1v) is 16.1. The van der Waals surface area contributed by atoms with Gasteiger partial charge in [0.2, 0.25) is 0 Å². The average Bonchev–Trinajstić information content (AvgIpc) is 3.02. The topological polar surface area (TPSA) is 217 Å². The van der Waals surface area contributed by atoms with Crippen molar-refractivity contribution >= 4 is 41.2 Å². The van der Waals surface area contributed by atoms with Gasteiger partial charge in [-0.1, -0.05) is 73.6 Å². The quantitative estimate of drug-likeness (QED) is 0.0361. The van der Waals surface area contributed by atoms with E-state index in [-0.39, 0.29) is 17.9 Å². The predicted octanol–water partition coefficient (Wildman–Crippen LogP) is 3.39. The number of carbonyl (C=O) groups excluding carboxylic acids is 2. The maximum atomic E-state index is 12.1. The molecular weight excluding hydrogens is 657 g/mol. The molecular formula is C33H47Cl2NO11. The summed E-state index contributed by atoms with van der Waals surface area (Å²) in [6.45, 7) is 5.18. The van der Waals surface area contributed by atoms with Gasteiger partial charge in [0, 0.05) is 29.9 Å². The number of rotatable bonds is 18. The maximum absolute atomic E-state index is 12.1. The molecule has 1 rings (SSSR count). The number of allylic oxidation sites excluding steroid dienone is 9. The summed E-state index contributed by atoms with van der Waals surface area (Å²) in [6, 6.07) is 0. The molecule has 0 bridgehead atoms. The molecule has 8 N–H and O–H groups in total. The summed E-state index contributed by atoms with van der Waals surface area (Å²) in [5, 5.41) is 60.2. The van der Waals surface area contributed by atoms with E-state index in [1.807, 2.05) is 6.92 Å². The molecule has 0 aromatic heterocycles. The van der Waals surface area contributed by atoms with Crippen molar-refractivity contribution in [2.24, 2.45) is 17.6 Å². The van der Waals surface area contributed by atoms with Crippen LogP contribution in [0.15, 0.2) is 71.4 Å². The molecule has 1 aliphatic rings. The third kappa shape index (κ3) is 15.7. The van der Waals surface area contributed by atoms with Crippen LogP contribution in [0.5, 0.6) is 0 Å². The number of primary amides is 1. The summed E-state index contributed by atoms with van der Waals surface area (Å²) in [7, 11) is 0. The number of aliphatic carboxylic acids is 1. The Kier molecular flexibility index (Phi) is 19.5. The minimum Gasteiger partial charge on any atom is -0.481 e. The van der Waals surface area contributed by atoms with E-state index in [2.05, 4.69) is 0 Å². The van der Waals surface area contributed by atoms with Gasteiger partial charge in [-0.05, 0) is 38.3 Å². The summed E-state index contributed by atoms with van der Waals surface area (Å²) in [4.78, 5) is 34.4. The Morgan fingerprint density at radius 2 is 1.62 bits per heavy atom. The molecule has 7 unspecified atom stereocenters. The second-order valence-electron chi connectivity index (χ2n) is 11.3. The van der Waals surface area contributed by atoms with Gasteiger partial charge >= 0.3 is 18.0 Å². The van der Waals surface area contributed by atoms with Crippen LogP contribution in [0.4, 0.5) is 4.79 Å². The standard InChI is InChI=1S/C33H47Cl2NO11/c1-4-5-13-26(47-33(36)45)29(35)24(38)18-25(39)31(42)30(41)20(3)22(34)12-8-6-10-19(2)11-7-9-14-28(40)46-27-17-21(32(43)44)15-16-23(27)37/h5-14,20-21,23-27,29-31,37-39,41-42H,4,15-18H2,1-3H3,(H2,36,45)(H,43,44)/b8-6+,11-7+,13-5+,14-9+,19-10+,22-12-/t20?,21-,23-,24?,25?,26?,27+,29?,30?,31?/m0/s1. The monoisotopic (exact) mass is 703 g/mol. The van der Waals surface area contributed by atoms with E-state index in [9.17, 15) is 39.9 Å². The van der Waals surface area contributed by atoms with E-state index < -0.39 is 84.4 Å². The molecule has 1 amide bonds. The summed E-state index contributed by atoms with van der Waals surface area (Å²) in [5.41, 5.74) is 5.86. The number of nitrogens with two attached hydrogens (primary N) is 1. The van der Waals surface area contributed by atoms with Crippen LogP contribution in [0.3, 0.4) is 0 Å². The SMILES string of the molecule is CC/C=C/C(OC(N)=O)C(Cl)C(O)CC(O)C(O)C(O)C(C)/C(Cl)=C/C=C/C=C(C)/C=C/C=C/C(=O)O[C@@H]1C[C@@H](C(=O)O)CC[C@@H]1O. The lowest BCUT2D eigenvalue weighted by Crippen LogP contribution is -2.45. The average molecular weight is 705 g/mol. The summed E-state index contributed by atoms with van der Waals surface area (Å²) < 4.78 is 10.1. The first kappa shape index (κ1) is 42.1. The lowest BCUT2D eigenvalue weighted by atomic mass is 9.85. The van der Waals surface area contributed by atoms with Gasteiger partial charge in [-0.2, -0.15) is 0 Å². The fourth-order valence-electron chi connectivity index (χ4n) is 4.59. The van der Waals surface area contributed by atoms with Crippen molar-refractivity contribution in [3.63, 3.8) is 0 Å². The van der Waals surface area contributed by atoms with Crippen molar-refractivity contribution in [1.29, 1.82) is 0 Å². The Hall–Kier alpha value is -2.97. The van der Waals surface area contributed by atoms with Crippen molar-refractivity contribution in [2.45, 2.75) is 101 Å². The zero-order valence-electron chi connectivity index (χ0n) is 26.6. The zero-order valence-corrected chi connectivity index (χ0v) is 28.2. The Balaban J connectivity index is 2.65. The fraction of sp³-hybridized carbons (Fsp3) is 0.545. The van der Waals surface area contributed by atoms with Gasteiger partial charge in [0.15, 0.2) is 0 Å². The minimum absolute atomic E-state index is 0.0622. The van der Waals surface area contributed by atoms with Crippen LogP contribution in [0.25, 0.3) is 0 Å². The Bertz CT molecular complexity index is 1200. The molecule has 264 valence electrons. The van der Waals surface area contributed by atoms with E-state index in [1.165, 1.54) is 24.3 Å². The number of hydrogen-bond acceptors (Lipinski definition) is 10. The molecule has 0 spiro atoms. The summed E-state index contributed by atoms with van der Waals surface area (Å²) in [6.07, 6.45) is 6.21. The Labute approximate surface area is 285 Å². The molecule has 10 atom stereocenters. The van der Waals surface area contributed by atoms with Crippen molar-refractivity contribution in [1.82, 2.24) is 0 Å². The van der Waals surface area contributed by atoms with Crippen molar-refractivity contribution in [2.75, 3.05) is 0 Å². The molecule has 0 saturated heterocycles. The number of aliphatic hydroxyl groups is 5. The lowest BCUT2D eigenvalue weighted by Gasteiger charge is -2.30. The molecule has 0 aromatic rings. The molecule has 1 fully saturated rings. The van der Waals surface area contributed by atoms with Crippen LogP contribution in [-0.4, -0.2) is 96.8 Å². The van der Waals surface area contributed by atoms with Crippen LogP contribution < -0.4 is 5.73 Å². The highest BCUT2D eigenvalue weighted by molar-refractivity contribution is 6.30. The normalized spacial score (nSPS) is 24.3. The second kappa shape index (κ2) is 21.8. The van der Waals surface area contributed by atoms with E-state index in [1.54, 1.807) is 50.3 Å². The van der Waals surface area contributed by atoms with E-state index in [0.29, 0.717) is 12.8 Å². The van der Waals surface area contributed by atoms with Crippen LogP contribution in [0.2, 0.25) is 0 Å². The van der Waals surface area contributed by atoms with E-state index in [4.69, 9.17) is 43.5 Å². The second-order valence-corrected chi connectivity index (χ2v) is 12.2. The van der Waals surface area contributed by atoms with Gasteiger partial charge in [0.05, 0.1) is 30.3 Å². The number of alkyl halides is 1. The summed E-state index contributed by atoms with van der Waals surface area (Å²) >= 11 is 12.5. The maximum Gasteiger partial charge on any atom is 0.405 e. The van der Waals surface area contributed by atoms with Gasteiger partial charge in [0.1, 0.15) is 23.7 Å². The molecule has 12 nitrogen and oxygen atoms in total. The number of halogens is 2. The number of carbonyl (C=O) groups is 3. The number of carboxylic acid groups (broad SMARTS) is 1. The van der Waals surface area contributed by atoms with Gasteiger partial charge in [-0.25, -0.2) is 9.59 Å². The number of ether oxygens (including phenoxy) is 2. The molecule has 1 aliphatic carbocycles. The largest absolute Gasteiger partial charge is 0.481 e. The minimum atomic E-state index is -1.69. The van der Waals surface area contributed by atoms with Gasteiger partial charge in [-0.15, -0.1) is 11.6 Å². The first-order valence-electron chi connectivity index (χ1n) is 15.2. The summed E-state index contributed by atoms with van der Waals surface area (Å²) in [5.74, 6) is -3.13.